The lowest BCUT2D eigenvalue weighted by Crippen LogP contribution is -2.33. The van der Waals surface area contributed by atoms with Gasteiger partial charge in [0.05, 0.1) is 17.5 Å². The van der Waals surface area contributed by atoms with Crippen LogP contribution in [0.15, 0.2) is 72.0 Å². The van der Waals surface area contributed by atoms with Crippen LogP contribution in [-0.4, -0.2) is 61.0 Å². The zero-order valence-electron chi connectivity index (χ0n) is 21.4. The zero-order valence-corrected chi connectivity index (χ0v) is 22.2. The highest BCUT2D eigenvalue weighted by Crippen LogP contribution is 2.32. The molecule has 0 amide bonds. The molecular weight excluding hydrogens is 480 g/mol. The molecule has 2 aliphatic rings. The summed E-state index contributed by atoms with van der Waals surface area (Å²) in [7, 11) is 2.11. The van der Waals surface area contributed by atoms with Crippen LogP contribution in [-0.2, 0) is 18.3 Å². The molecule has 4 heterocycles. The molecule has 0 spiro atoms. The first-order valence-corrected chi connectivity index (χ1v) is 14.3. The van der Waals surface area contributed by atoms with Crippen LogP contribution < -0.4 is 0 Å². The van der Waals surface area contributed by atoms with Crippen molar-refractivity contribution in [2.45, 2.75) is 49.4 Å². The summed E-state index contributed by atoms with van der Waals surface area (Å²) in [5.74, 6) is 2.54. The molecule has 37 heavy (non-hydrogen) atoms. The van der Waals surface area contributed by atoms with Crippen molar-refractivity contribution < 1.29 is 4.74 Å². The van der Waals surface area contributed by atoms with Gasteiger partial charge in [0, 0.05) is 49.2 Å². The number of para-hydroxylation sites is 1. The molecule has 2 fully saturated rings. The molecule has 2 saturated heterocycles. The minimum Gasteiger partial charge on any atom is -0.377 e. The summed E-state index contributed by atoms with van der Waals surface area (Å²) in [6, 6.07) is 20.9. The Hall–Kier alpha value is -2.94. The molecule has 2 aliphatic heterocycles. The Kier molecular flexibility index (Phi) is 7.39. The van der Waals surface area contributed by atoms with Crippen LogP contribution in [0.3, 0.4) is 0 Å². The van der Waals surface area contributed by atoms with Gasteiger partial charge >= 0.3 is 0 Å². The van der Waals surface area contributed by atoms with Crippen molar-refractivity contribution in [1.29, 1.82) is 0 Å². The Morgan fingerprint density at radius 3 is 2.43 bits per heavy atom. The molecule has 2 aromatic heterocycles. The van der Waals surface area contributed by atoms with E-state index in [1.807, 2.05) is 10.7 Å². The second-order valence-electron chi connectivity index (χ2n) is 10.0. The Balaban J connectivity index is 1.12. The number of hydrogen-bond acceptors (Lipinski definition) is 6. The van der Waals surface area contributed by atoms with Crippen molar-refractivity contribution in [2.75, 3.05) is 25.4 Å². The Labute approximate surface area is 222 Å². The van der Waals surface area contributed by atoms with Crippen LogP contribution in [0.5, 0.6) is 0 Å². The van der Waals surface area contributed by atoms with Crippen molar-refractivity contribution in [3.8, 4) is 16.9 Å². The van der Waals surface area contributed by atoms with E-state index in [0.717, 1.165) is 79.2 Å². The summed E-state index contributed by atoms with van der Waals surface area (Å²) >= 11 is 1.78. The van der Waals surface area contributed by atoms with E-state index < -0.39 is 0 Å². The first-order valence-electron chi connectivity index (χ1n) is 13.3. The number of ether oxygens (including phenoxy) is 1. The molecule has 192 valence electrons. The van der Waals surface area contributed by atoms with E-state index in [4.69, 9.17) is 9.84 Å². The van der Waals surface area contributed by atoms with Gasteiger partial charge in [-0.3, -0.25) is 4.90 Å². The lowest BCUT2D eigenvalue weighted by atomic mass is 9.95. The van der Waals surface area contributed by atoms with Gasteiger partial charge in [0.1, 0.15) is 5.82 Å². The lowest BCUT2D eigenvalue weighted by molar-refractivity contribution is 0.129. The highest BCUT2D eigenvalue weighted by atomic mass is 32.2. The van der Waals surface area contributed by atoms with Crippen molar-refractivity contribution in [2.24, 2.45) is 7.05 Å². The molecule has 4 aromatic rings. The van der Waals surface area contributed by atoms with Crippen LogP contribution in [0.25, 0.3) is 16.9 Å². The maximum atomic E-state index is 5.77. The van der Waals surface area contributed by atoms with Crippen molar-refractivity contribution in [1.82, 2.24) is 29.4 Å². The van der Waals surface area contributed by atoms with Gasteiger partial charge in [0.25, 0.3) is 0 Å². The predicted molar refractivity (Wildman–Crippen MR) is 147 cm³/mol. The minimum atomic E-state index is 0.361. The number of thioether (sulfide) groups is 1. The van der Waals surface area contributed by atoms with Crippen molar-refractivity contribution >= 4 is 11.8 Å². The third kappa shape index (κ3) is 5.51. The van der Waals surface area contributed by atoms with Gasteiger partial charge in [-0.1, -0.05) is 60.3 Å². The van der Waals surface area contributed by atoms with E-state index in [-0.39, 0.29) is 0 Å². The quantitative estimate of drug-likeness (QED) is 0.297. The molecule has 0 unspecified atom stereocenters. The molecule has 0 bridgehead atoms. The molecule has 0 N–H and O–H groups in total. The number of piperidine rings is 1. The number of benzene rings is 2. The lowest BCUT2D eigenvalue weighted by Gasteiger charge is -2.31. The monoisotopic (exact) mass is 514 g/mol. The first-order chi connectivity index (χ1) is 18.2. The number of nitrogens with zero attached hydrogens (tertiary/aromatic N) is 6. The summed E-state index contributed by atoms with van der Waals surface area (Å²) in [5.41, 5.74) is 4.57. The maximum Gasteiger partial charge on any atom is 0.191 e. The van der Waals surface area contributed by atoms with E-state index in [0.29, 0.717) is 12.0 Å². The van der Waals surface area contributed by atoms with Gasteiger partial charge in [-0.2, -0.15) is 5.10 Å². The fourth-order valence-corrected chi connectivity index (χ4v) is 6.40. The Morgan fingerprint density at radius 1 is 0.946 bits per heavy atom. The molecule has 0 saturated carbocycles. The van der Waals surface area contributed by atoms with Crippen LogP contribution in [0.1, 0.15) is 43.0 Å². The molecule has 0 radical (unpaired) electrons. The third-order valence-corrected chi connectivity index (χ3v) is 8.65. The molecule has 0 aliphatic carbocycles. The summed E-state index contributed by atoms with van der Waals surface area (Å²) in [5, 5.41) is 15.1. The molecule has 1 atom stereocenters. The average molecular weight is 515 g/mol. The second-order valence-corrected chi connectivity index (χ2v) is 11.0. The van der Waals surface area contributed by atoms with E-state index >= 15 is 0 Å². The Morgan fingerprint density at radius 2 is 1.70 bits per heavy atom. The van der Waals surface area contributed by atoms with Crippen molar-refractivity contribution in [3.63, 3.8) is 0 Å². The number of aromatic nitrogens is 5. The molecule has 7 nitrogen and oxygen atoms in total. The highest BCUT2D eigenvalue weighted by molar-refractivity contribution is 7.99. The standard InChI is InChI=1S/C29H34N6OS/c1-33-28(30-31-29(33)37-21-26-13-8-18-36-26)23-14-16-34(17-15-23)19-24-20-35(25-11-6-3-7-12-25)32-27(24)22-9-4-2-5-10-22/h2-7,9-12,20,23,26H,8,13-19,21H2,1H3/t26-/m1/s1. The van der Waals surface area contributed by atoms with Gasteiger partial charge in [0.15, 0.2) is 5.16 Å². The van der Waals surface area contributed by atoms with Crippen LogP contribution in [0.2, 0.25) is 0 Å². The topological polar surface area (TPSA) is 61.0 Å². The summed E-state index contributed by atoms with van der Waals surface area (Å²) in [6.07, 6.45) is 7.08. The summed E-state index contributed by atoms with van der Waals surface area (Å²) < 4.78 is 9.99. The van der Waals surface area contributed by atoms with Gasteiger partial charge in [-0.25, -0.2) is 4.68 Å². The number of rotatable bonds is 8. The molecule has 2 aromatic carbocycles. The van der Waals surface area contributed by atoms with E-state index in [1.54, 1.807) is 11.8 Å². The smallest absolute Gasteiger partial charge is 0.191 e. The van der Waals surface area contributed by atoms with Crippen LogP contribution in [0.4, 0.5) is 0 Å². The highest BCUT2D eigenvalue weighted by Gasteiger charge is 2.27. The first kappa shape index (κ1) is 24.4. The summed E-state index contributed by atoms with van der Waals surface area (Å²) in [6.45, 7) is 3.88. The largest absolute Gasteiger partial charge is 0.377 e. The fraction of sp³-hybridized carbons (Fsp3) is 0.414. The van der Waals surface area contributed by atoms with Crippen LogP contribution in [0, 0.1) is 0 Å². The van der Waals surface area contributed by atoms with Gasteiger partial charge in [0.2, 0.25) is 0 Å². The predicted octanol–water partition coefficient (Wildman–Crippen LogP) is 5.32. The molecule has 8 heteroatoms. The average Bonchev–Trinajstić information content (AvgIpc) is 3.70. The normalized spacial score (nSPS) is 19.0. The molecule has 6 rings (SSSR count). The van der Waals surface area contributed by atoms with Gasteiger partial charge in [-0.05, 0) is 50.9 Å². The minimum absolute atomic E-state index is 0.361. The zero-order chi connectivity index (χ0) is 25.0. The SMILES string of the molecule is Cn1c(SC[C@H]2CCCO2)nnc1C1CCN(Cc2cn(-c3ccccc3)nc2-c2ccccc2)CC1. The second kappa shape index (κ2) is 11.2. The van der Waals surface area contributed by atoms with E-state index in [1.165, 1.54) is 12.0 Å². The summed E-state index contributed by atoms with van der Waals surface area (Å²) in [4.78, 5) is 2.55. The maximum absolute atomic E-state index is 5.77. The van der Waals surface area contributed by atoms with Gasteiger partial charge in [-0.15, -0.1) is 10.2 Å². The van der Waals surface area contributed by atoms with Gasteiger partial charge < -0.3 is 9.30 Å². The third-order valence-electron chi connectivity index (χ3n) is 7.50. The fourth-order valence-electron chi connectivity index (χ4n) is 5.42. The van der Waals surface area contributed by atoms with Crippen LogP contribution >= 0.6 is 11.8 Å². The molecular formula is C29H34N6OS. The Bertz CT molecular complexity index is 1290. The number of likely N-dealkylation sites (tertiary alicyclic amines) is 1. The van der Waals surface area contributed by atoms with Crippen molar-refractivity contribution in [3.05, 3.63) is 78.2 Å². The number of hydrogen-bond donors (Lipinski definition) is 0. The van der Waals surface area contributed by atoms with E-state index in [9.17, 15) is 0 Å². The van der Waals surface area contributed by atoms with E-state index in [2.05, 4.69) is 87.5 Å².